The van der Waals surface area contributed by atoms with Crippen LogP contribution in [-0.2, 0) is 0 Å². The number of hydrogen-bond donors (Lipinski definition) is 1. The van der Waals surface area contributed by atoms with Crippen molar-refractivity contribution in [2.45, 2.75) is 18.9 Å². The maximum absolute atomic E-state index is 11.7. The molecule has 0 unspecified atom stereocenters. The Morgan fingerprint density at radius 1 is 1.35 bits per heavy atom. The fourth-order valence-corrected chi connectivity index (χ4v) is 2.96. The van der Waals surface area contributed by atoms with Gasteiger partial charge in [-0.3, -0.25) is 0 Å². The van der Waals surface area contributed by atoms with E-state index in [1.807, 2.05) is 4.90 Å². The van der Waals surface area contributed by atoms with Crippen LogP contribution in [0.5, 0.6) is 0 Å². The molecule has 6 nitrogen and oxygen atoms in total. The first-order valence-electron chi connectivity index (χ1n) is 6.94. The third-order valence-corrected chi connectivity index (χ3v) is 4.00. The van der Waals surface area contributed by atoms with Crippen LogP contribution in [-0.4, -0.2) is 48.1 Å². The maximum Gasteiger partial charge on any atom is 0.317 e. The first-order valence-corrected chi connectivity index (χ1v) is 6.94. The number of urea groups is 1. The van der Waals surface area contributed by atoms with Gasteiger partial charge in [-0.2, -0.15) is 5.26 Å². The highest BCUT2D eigenvalue weighted by Gasteiger charge is 2.31. The maximum atomic E-state index is 11.7. The minimum absolute atomic E-state index is 0.0546. The van der Waals surface area contributed by atoms with Crippen molar-refractivity contribution in [2.75, 3.05) is 31.1 Å². The molecule has 2 fully saturated rings. The summed E-state index contributed by atoms with van der Waals surface area (Å²) in [6.07, 6.45) is 3.57. The molecular formula is C14H17N5O. The van der Waals surface area contributed by atoms with Gasteiger partial charge in [-0.05, 0) is 25.0 Å². The van der Waals surface area contributed by atoms with Crippen molar-refractivity contribution in [3.8, 4) is 6.07 Å². The van der Waals surface area contributed by atoms with Crippen molar-refractivity contribution >= 4 is 11.8 Å². The molecule has 104 valence electrons. The number of carbonyl (C=O) groups excluding carboxylic acids is 1. The number of anilines is 1. The quantitative estimate of drug-likeness (QED) is 0.869. The molecule has 0 atom stereocenters. The predicted octanol–water partition coefficient (Wildman–Crippen LogP) is 0.947. The van der Waals surface area contributed by atoms with Crippen molar-refractivity contribution in [2.24, 2.45) is 0 Å². The fraction of sp³-hybridized carbons (Fsp3) is 0.500. The summed E-state index contributed by atoms with van der Waals surface area (Å²) in [5, 5.41) is 12.0. The summed E-state index contributed by atoms with van der Waals surface area (Å²) in [4.78, 5) is 20.1. The third-order valence-electron chi connectivity index (χ3n) is 4.00. The van der Waals surface area contributed by atoms with Crippen molar-refractivity contribution in [3.05, 3.63) is 23.9 Å². The topological polar surface area (TPSA) is 72.3 Å². The van der Waals surface area contributed by atoms with Gasteiger partial charge in [0.15, 0.2) is 0 Å². The lowest BCUT2D eigenvalue weighted by molar-refractivity contribution is 0.186. The molecule has 0 saturated carbocycles. The van der Waals surface area contributed by atoms with E-state index in [1.165, 1.54) is 0 Å². The Bertz CT molecular complexity index is 545. The SMILES string of the molecule is N#Cc1cccnc1N1CCC(N2CCNC2=O)CC1. The molecular weight excluding hydrogens is 254 g/mol. The minimum Gasteiger partial charge on any atom is -0.355 e. The van der Waals surface area contributed by atoms with Gasteiger partial charge >= 0.3 is 6.03 Å². The summed E-state index contributed by atoms with van der Waals surface area (Å²) in [7, 11) is 0. The van der Waals surface area contributed by atoms with E-state index in [-0.39, 0.29) is 6.03 Å². The lowest BCUT2D eigenvalue weighted by Crippen LogP contribution is -2.46. The number of amides is 2. The molecule has 6 heteroatoms. The smallest absolute Gasteiger partial charge is 0.317 e. The van der Waals surface area contributed by atoms with Gasteiger partial charge in [0.2, 0.25) is 0 Å². The van der Waals surface area contributed by atoms with Gasteiger partial charge in [-0.1, -0.05) is 0 Å². The molecule has 2 aliphatic heterocycles. The van der Waals surface area contributed by atoms with E-state index < -0.39 is 0 Å². The minimum atomic E-state index is 0.0546. The van der Waals surface area contributed by atoms with Crippen molar-refractivity contribution in [3.63, 3.8) is 0 Å². The normalized spacial score (nSPS) is 19.9. The molecule has 0 aliphatic carbocycles. The zero-order valence-corrected chi connectivity index (χ0v) is 11.2. The molecule has 2 saturated heterocycles. The monoisotopic (exact) mass is 271 g/mol. The summed E-state index contributed by atoms with van der Waals surface area (Å²) in [6.45, 7) is 3.22. The molecule has 2 amide bonds. The number of hydrogen-bond acceptors (Lipinski definition) is 4. The van der Waals surface area contributed by atoms with E-state index in [0.717, 1.165) is 44.8 Å². The fourth-order valence-electron chi connectivity index (χ4n) is 2.96. The van der Waals surface area contributed by atoms with E-state index in [2.05, 4.69) is 21.3 Å². The second-order valence-electron chi connectivity index (χ2n) is 5.13. The number of piperidine rings is 1. The highest BCUT2D eigenvalue weighted by molar-refractivity contribution is 5.76. The lowest BCUT2D eigenvalue weighted by atomic mass is 10.0. The number of carbonyl (C=O) groups is 1. The Morgan fingerprint density at radius 3 is 2.80 bits per heavy atom. The number of pyridine rings is 1. The second-order valence-corrected chi connectivity index (χ2v) is 5.13. The average Bonchev–Trinajstić information content (AvgIpc) is 2.93. The van der Waals surface area contributed by atoms with Crippen molar-refractivity contribution in [1.29, 1.82) is 5.26 Å². The molecule has 0 aromatic carbocycles. The molecule has 3 rings (SSSR count). The number of nitrogens with zero attached hydrogens (tertiary/aromatic N) is 4. The Balaban J connectivity index is 1.67. The molecule has 20 heavy (non-hydrogen) atoms. The number of nitriles is 1. The Hall–Kier alpha value is -2.29. The van der Waals surface area contributed by atoms with E-state index in [4.69, 9.17) is 5.26 Å². The van der Waals surface area contributed by atoms with Crippen LogP contribution in [0.15, 0.2) is 18.3 Å². The van der Waals surface area contributed by atoms with E-state index >= 15 is 0 Å². The van der Waals surface area contributed by atoms with Crippen LogP contribution >= 0.6 is 0 Å². The highest BCUT2D eigenvalue weighted by atomic mass is 16.2. The van der Waals surface area contributed by atoms with Crippen LogP contribution < -0.4 is 10.2 Å². The third kappa shape index (κ3) is 2.27. The van der Waals surface area contributed by atoms with Crippen LogP contribution in [0.2, 0.25) is 0 Å². The van der Waals surface area contributed by atoms with Crippen molar-refractivity contribution in [1.82, 2.24) is 15.2 Å². The van der Waals surface area contributed by atoms with Crippen LogP contribution in [0.4, 0.5) is 10.6 Å². The Kier molecular flexibility index (Phi) is 3.42. The summed E-state index contributed by atoms with van der Waals surface area (Å²) in [5.41, 5.74) is 0.616. The van der Waals surface area contributed by atoms with Gasteiger partial charge in [0.25, 0.3) is 0 Å². The standard InChI is InChI=1S/C14H17N5O/c15-10-11-2-1-5-16-13(11)18-7-3-12(4-8-18)19-9-6-17-14(19)20/h1-2,5,12H,3-4,6-9H2,(H,17,20). The van der Waals surface area contributed by atoms with Crippen LogP contribution in [0.1, 0.15) is 18.4 Å². The summed E-state index contributed by atoms with van der Waals surface area (Å²) in [6, 6.07) is 6.13. The largest absolute Gasteiger partial charge is 0.355 e. The number of rotatable bonds is 2. The van der Waals surface area contributed by atoms with Crippen LogP contribution in [0, 0.1) is 11.3 Å². The number of aromatic nitrogens is 1. The predicted molar refractivity (Wildman–Crippen MR) is 74.3 cm³/mol. The summed E-state index contributed by atoms with van der Waals surface area (Å²) >= 11 is 0. The van der Waals surface area contributed by atoms with Gasteiger partial charge in [0, 0.05) is 38.4 Å². The van der Waals surface area contributed by atoms with Gasteiger partial charge in [0.05, 0.1) is 5.56 Å². The summed E-state index contributed by atoms with van der Waals surface area (Å²) in [5.74, 6) is 0.763. The zero-order valence-electron chi connectivity index (χ0n) is 11.2. The average molecular weight is 271 g/mol. The van der Waals surface area contributed by atoms with Crippen LogP contribution in [0.3, 0.4) is 0 Å². The Labute approximate surface area is 118 Å². The Morgan fingerprint density at radius 2 is 2.15 bits per heavy atom. The molecule has 0 bridgehead atoms. The van der Waals surface area contributed by atoms with Gasteiger partial charge in [-0.25, -0.2) is 9.78 Å². The summed E-state index contributed by atoms with van der Waals surface area (Å²) < 4.78 is 0. The molecule has 3 heterocycles. The highest BCUT2D eigenvalue weighted by Crippen LogP contribution is 2.24. The molecule has 0 spiro atoms. The number of nitrogens with one attached hydrogen (secondary N) is 1. The molecule has 1 aromatic heterocycles. The molecule has 0 radical (unpaired) electrons. The molecule has 1 aromatic rings. The second kappa shape index (κ2) is 5.37. The molecule has 2 aliphatic rings. The van der Waals surface area contributed by atoms with Gasteiger partial charge in [-0.15, -0.1) is 0 Å². The van der Waals surface area contributed by atoms with Gasteiger partial charge < -0.3 is 15.1 Å². The van der Waals surface area contributed by atoms with E-state index in [0.29, 0.717) is 11.6 Å². The van der Waals surface area contributed by atoms with Crippen molar-refractivity contribution < 1.29 is 4.79 Å². The van der Waals surface area contributed by atoms with E-state index in [1.54, 1.807) is 18.3 Å². The lowest BCUT2D eigenvalue weighted by Gasteiger charge is -2.36. The first-order chi connectivity index (χ1) is 9.79. The van der Waals surface area contributed by atoms with Crippen LogP contribution in [0.25, 0.3) is 0 Å². The zero-order chi connectivity index (χ0) is 13.9. The first kappa shape index (κ1) is 12.7. The van der Waals surface area contributed by atoms with Gasteiger partial charge in [0.1, 0.15) is 11.9 Å². The molecule has 1 N–H and O–H groups in total. The van der Waals surface area contributed by atoms with E-state index in [9.17, 15) is 4.79 Å².